The van der Waals surface area contributed by atoms with E-state index in [-0.39, 0.29) is 11.6 Å². The SMILES string of the molecule is O=C1N=C(N2CCC(Cc3ccccc3)CC2)S/C1=C\c1cccc([N+](=O)[O-])c1. The lowest BCUT2D eigenvalue weighted by Crippen LogP contribution is -2.37. The Morgan fingerprint density at radius 3 is 2.62 bits per heavy atom. The van der Waals surface area contributed by atoms with Crippen molar-refractivity contribution in [2.45, 2.75) is 19.3 Å². The van der Waals surface area contributed by atoms with E-state index >= 15 is 0 Å². The Hall–Kier alpha value is -2.93. The lowest BCUT2D eigenvalue weighted by molar-refractivity contribution is -0.384. The number of piperidine rings is 1. The Kier molecular flexibility index (Phi) is 5.76. The first-order valence-corrected chi connectivity index (χ1v) is 10.5. The summed E-state index contributed by atoms with van der Waals surface area (Å²) in [6.45, 7) is 1.78. The van der Waals surface area contributed by atoms with Gasteiger partial charge < -0.3 is 4.90 Å². The Labute approximate surface area is 173 Å². The summed E-state index contributed by atoms with van der Waals surface area (Å²) in [5.74, 6) is 0.374. The average molecular weight is 407 g/mol. The Balaban J connectivity index is 1.36. The number of amidine groups is 1. The maximum atomic E-state index is 12.3. The molecule has 0 aromatic heterocycles. The van der Waals surface area contributed by atoms with Crippen molar-refractivity contribution in [1.82, 2.24) is 4.90 Å². The van der Waals surface area contributed by atoms with E-state index in [0.29, 0.717) is 16.4 Å². The van der Waals surface area contributed by atoms with E-state index in [1.165, 1.54) is 29.5 Å². The van der Waals surface area contributed by atoms with E-state index < -0.39 is 4.92 Å². The van der Waals surface area contributed by atoms with Crippen molar-refractivity contribution in [2.24, 2.45) is 10.9 Å². The normalized spacial score (nSPS) is 18.9. The second-order valence-electron chi connectivity index (χ2n) is 7.28. The molecule has 29 heavy (non-hydrogen) atoms. The molecule has 2 aromatic carbocycles. The number of likely N-dealkylation sites (tertiary alicyclic amines) is 1. The summed E-state index contributed by atoms with van der Waals surface area (Å²) in [7, 11) is 0. The summed E-state index contributed by atoms with van der Waals surface area (Å²) in [5.41, 5.74) is 2.01. The number of hydrogen-bond donors (Lipinski definition) is 0. The molecular weight excluding hydrogens is 386 g/mol. The van der Waals surface area contributed by atoms with Gasteiger partial charge in [0.05, 0.1) is 9.83 Å². The standard InChI is InChI=1S/C22H21N3O3S/c26-21-20(15-18-7-4-8-19(14-18)25(27)28)29-22(23-21)24-11-9-17(10-12-24)13-16-5-2-1-3-6-16/h1-8,14-15,17H,9-13H2/b20-15-. The van der Waals surface area contributed by atoms with Crippen molar-refractivity contribution in [3.63, 3.8) is 0 Å². The van der Waals surface area contributed by atoms with Gasteiger partial charge >= 0.3 is 0 Å². The van der Waals surface area contributed by atoms with Crippen molar-refractivity contribution in [1.29, 1.82) is 0 Å². The first kappa shape index (κ1) is 19.4. The van der Waals surface area contributed by atoms with Crippen LogP contribution in [0.1, 0.15) is 24.0 Å². The number of aliphatic imine (C=N–C) groups is 1. The van der Waals surface area contributed by atoms with Crippen LogP contribution in [0.25, 0.3) is 6.08 Å². The van der Waals surface area contributed by atoms with E-state index in [9.17, 15) is 14.9 Å². The molecule has 2 heterocycles. The van der Waals surface area contributed by atoms with Gasteiger partial charge in [0.25, 0.3) is 11.6 Å². The van der Waals surface area contributed by atoms with Crippen molar-refractivity contribution >= 4 is 34.6 Å². The van der Waals surface area contributed by atoms with Crippen LogP contribution >= 0.6 is 11.8 Å². The summed E-state index contributed by atoms with van der Waals surface area (Å²) >= 11 is 1.36. The van der Waals surface area contributed by atoms with Gasteiger partial charge in [-0.3, -0.25) is 14.9 Å². The number of carbonyl (C=O) groups excluding carboxylic acids is 1. The highest BCUT2D eigenvalue weighted by Gasteiger charge is 2.29. The number of thioether (sulfide) groups is 1. The van der Waals surface area contributed by atoms with Crippen LogP contribution in [0.15, 0.2) is 64.5 Å². The molecule has 7 heteroatoms. The third-order valence-corrected chi connectivity index (χ3v) is 6.28. The van der Waals surface area contributed by atoms with Crippen LogP contribution < -0.4 is 0 Å². The van der Waals surface area contributed by atoms with Crippen molar-refractivity contribution in [3.05, 3.63) is 80.7 Å². The molecule has 0 aliphatic carbocycles. The number of nitrogens with zero attached hydrogens (tertiary/aromatic N) is 3. The fourth-order valence-electron chi connectivity index (χ4n) is 3.69. The van der Waals surface area contributed by atoms with E-state index in [0.717, 1.165) is 37.5 Å². The molecule has 148 valence electrons. The molecule has 0 spiro atoms. The van der Waals surface area contributed by atoms with E-state index in [1.54, 1.807) is 18.2 Å². The van der Waals surface area contributed by atoms with Gasteiger partial charge in [-0.05, 0) is 54.1 Å². The van der Waals surface area contributed by atoms with Gasteiger partial charge in [0.2, 0.25) is 0 Å². The Morgan fingerprint density at radius 1 is 1.14 bits per heavy atom. The van der Waals surface area contributed by atoms with Gasteiger partial charge in [-0.1, -0.05) is 42.5 Å². The van der Waals surface area contributed by atoms with Crippen LogP contribution in [0.5, 0.6) is 0 Å². The quantitative estimate of drug-likeness (QED) is 0.423. The zero-order valence-corrected chi connectivity index (χ0v) is 16.7. The molecule has 1 saturated heterocycles. The van der Waals surface area contributed by atoms with Crippen LogP contribution in [0.4, 0.5) is 5.69 Å². The molecule has 1 fully saturated rings. The molecule has 0 atom stereocenters. The van der Waals surface area contributed by atoms with Crippen LogP contribution in [0, 0.1) is 16.0 Å². The van der Waals surface area contributed by atoms with Crippen molar-refractivity contribution in [3.8, 4) is 0 Å². The smallest absolute Gasteiger partial charge is 0.286 e. The molecule has 0 radical (unpaired) electrons. The maximum Gasteiger partial charge on any atom is 0.286 e. The largest absolute Gasteiger partial charge is 0.351 e. The number of non-ortho nitro benzene ring substituents is 1. The van der Waals surface area contributed by atoms with Gasteiger partial charge in [0, 0.05) is 25.2 Å². The van der Waals surface area contributed by atoms with E-state index in [2.05, 4.69) is 34.2 Å². The minimum Gasteiger partial charge on any atom is -0.351 e. The number of hydrogen-bond acceptors (Lipinski definition) is 5. The summed E-state index contributed by atoms with van der Waals surface area (Å²) < 4.78 is 0. The molecule has 4 rings (SSSR count). The predicted octanol–water partition coefficient (Wildman–Crippen LogP) is 4.52. The number of nitro groups is 1. The molecule has 2 aliphatic heterocycles. The fourth-order valence-corrected chi connectivity index (χ4v) is 4.65. The van der Waals surface area contributed by atoms with Gasteiger partial charge in [-0.2, -0.15) is 4.99 Å². The van der Waals surface area contributed by atoms with Gasteiger partial charge in [0.15, 0.2) is 5.17 Å². The molecule has 0 saturated carbocycles. The van der Waals surface area contributed by atoms with E-state index in [1.807, 2.05) is 6.07 Å². The third-order valence-electron chi connectivity index (χ3n) is 5.24. The molecule has 1 amide bonds. The zero-order valence-electron chi connectivity index (χ0n) is 15.9. The fraction of sp³-hybridized carbons (Fsp3) is 0.273. The lowest BCUT2D eigenvalue weighted by Gasteiger charge is -2.32. The van der Waals surface area contributed by atoms with Crippen molar-refractivity contribution in [2.75, 3.05) is 13.1 Å². The number of rotatable bonds is 4. The Morgan fingerprint density at radius 2 is 1.90 bits per heavy atom. The summed E-state index contributed by atoms with van der Waals surface area (Å²) in [6.07, 6.45) is 4.92. The van der Waals surface area contributed by atoms with Crippen LogP contribution in [0.3, 0.4) is 0 Å². The Bertz CT molecular complexity index is 980. The van der Waals surface area contributed by atoms with E-state index in [4.69, 9.17) is 0 Å². The zero-order chi connectivity index (χ0) is 20.2. The van der Waals surface area contributed by atoms with Crippen LogP contribution in [-0.2, 0) is 11.2 Å². The minimum absolute atomic E-state index is 0.0106. The van der Waals surface area contributed by atoms with Crippen LogP contribution in [-0.4, -0.2) is 34.0 Å². The van der Waals surface area contributed by atoms with Gasteiger partial charge in [-0.25, -0.2) is 0 Å². The lowest BCUT2D eigenvalue weighted by atomic mass is 9.90. The van der Waals surface area contributed by atoms with Gasteiger partial charge in [-0.15, -0.1) is 0 Å². The summed E-state index contributed by atoms with van der Waals surface area (Å²) in [5, 5.41) is 11.7. The first-order valence-electron chi connectivity index (χ1n) is 9.64. The third kappa shape index (κ3) is 4.74. The number of carbonyl (C=O) groups is 1. The molecule has 0 bridgehead atoms. The maximum absolute atomic E-state index is 12.3. The summed E-state index contributed by atoms with van der Waals surface area (Å²) in [4.78, 5) is 29.7. The molecule has 6 nitrogen and oxygen atoms in total. The summed E-state index contributed by atoms with van der Waals surface area (Å²) in [6, 6.07) is 16.8. The molecular formula is C22H21N3O3S. The molecule has 2 aliphatic rings. The number of benzene rings is 2. The highest BCUT2D eigenvalue weighted by atomic mass is 32.2. The molecule has 2 aromatic rings. The van der Waals surface area contributed by atoms with Crippen molar-refractivity contribution < 1.29 is 9.72 Å². The topological polar surface area (TPSA) is 75.8 Å². The monoisotopic (exact) mass is 407 g/mol. The average Bonchev–Trinajstić information content (AvgIpc) is 3.10. The van der Waals surface area contributed by atoms with Gasteiger partial charge in [0.1, 0.15) is 0 Å². The van der Waals surface area contributed by atoms with Crippen LogP contribution in [0.2, 0.25) is 0 Å². The predicted molar refractivity (Wildman–Crippen MR) is 116 cm³/mol. The second-order valence-corrected chi connectivity index (χ2v) is 8.29. The number of amides is 1. The minimum atomic E-state index is -0.437. The first-order chi connectivity index (χ1) is 14.1. The molecule has 0 unspecified atom stereocenters. The highest BCUT2D eigenvalue weighted by molar-refractivity contribution is 8.18. The second kappa shape index (κ2) is 8.61. The number of nitro benzene ring substituents is 1. The molecule has 0 N–H and O–H groups in total. The highest BCUT2D eigenvalue weighted by Crippen LogP contribution is 2.33.